The molecule has 6 heteroatoms. The average Bonchev–Trinajstić information content (AvgIpc) is 2.69. The Morgan fingerprint density at radius 1 is 1.17 bits per heavy atom. The Kier molecular flexibility index (Phi) is 6.94. The molecule has 0 saturated carbocycles. The van der Waals surface area contributed by atoms with Crippen molar-refractivity contribution in [3.05, 3.63) is 84.1 Å². The van der Waals surface area contributed by atoms with E-state index in [1.54, 1.807) is 6.20 Å². The summed E-state index contributed by atoms with van der Waals surface area (Å²) in [6.07, 6.45) is 3.65. The number of hydrogen-bond donors (Lipinski definition) is 3. The second-order valence-corrected chi connectivity index (χ2v) is 6.91. The minimum atomic E-state index is 0.0383. The number of aliphatic imine (C=N–C) groups is 1. The molecule has 0 aromatic heterocycles. The summed E-state index contributed by atoms with van der Waals surface area (Å²) in [5.74, 6) is 0.563. The Bertz CT molecular complexity index is 909. The molecule has 1 fully saturated rings. The van der Waals surface area contributed by atoms with Crippen molar-refractivity contribution < 1.29 is 4.74 Å². The summed E-state index contributed by atoms with van der Waals surface area (Å²) in [7, 11) is 0. The van der Waals surface area contributed by atoms with E-state index in [0.717, 1.165) is 23.4 Å². The molecule has 0 amide bonds. The van der Waals surface area contributed by atoms with Crippen LogP contribution in [0.5, 0.6) is 0 Å². The summed E-state index contributed by atoms with van der Waals surface area (Å²) in [5, 5.41) is 14.3. The first-order chi connectivity index (χ1) is 14.0. The molecule has 6 nitrogen and oxygen atoms in total. The third-order valence-electron chi connectivity index (χ3n) is 4.47. The summed E-state index contributed by atoms with van der Waals surface area (Å²) in [5.41, 5.74) is 4.88. The molecule has 0 spiro atoms. The van der Waals surface area contributed by atoms with Gasteiger partial charge in [-0.1, -0.05) is 54.6 Å². The molecule has 3 N–H and O–H groups in total. The molecule has 1 saturated heterocycles. The molecule has 1 aliphatic rings. The SMILES string of the molecule is C=C(/C(=N/C(=N)Nc1ccc(C)cc1)N/C=C\C)c1ccc(CN2COC2)cc1. The molecular weight excluding hydrogens is 362 g/mol. The van der Waals surface area contributed by atoms with E-state index in [-0.39, 0.29) is 5.96 Å². The molecule has 1 heterocycles. The lowest BCUT2D eigenvalue weighted by atomic mass is 10.0. The number of nitrogens with one attached hydrogen (secondary N) is 3. The lowest BCUT2D eigenvalue weighted by molar-refractivity contribution is -0.149. The van der Waals surface area contributed by atoms with Crippen LogP contribution in [0.1, 0.15) is 23.6 Å². The summed E-state index contributed by atoms with van der Waals surface area (Å²) < 4.78 is 5.18. The smallest absolute Gasteiger partial charge is 0.221 e. The second kappa shape index (κ2) is 9.82. The van der Waals surface area contributed by atoms with Crippen LogP contribution < -0.4 is 10.6 Å². The number of nitrogens with zero attached hydrogens (tertiary/aromatic N) is 2. The topological polar surface area (TPSA) is 72.7 Å². The van der Waals surface area contributed by atoms with Gasteiger partial charge in [0.05, 0.1) is 0 Å². The molecule has 0 radical (unpaired) electrons. The van der Waals surface area contributed by atoms with Gasteiger partial charge in [-0.05, 0) is 43.3 Å². The van der Waals surface area contributed by atoms with Crippen molar-refractivity contribution in [2.24, 2.45) is 4.99 Å². The van der Waals surface area contributed by atoms with Crippen LogP contribution in [0.4, 0.5) is 5.69 Å². The van der Waals surface area contributed by atoms with Crippen molar-refractivity contribution in [2.75, 3.05) is 18.8 Å². The molecule has 2 aromatic carbocycles. The maximum absolute atomic E-state index is 8.22. The van der Waals surface area contributed by atoms with Gasteiger partial charge in [0, 0.05) is 17.8 Å². The van der Waals surface area contributed by atoms with Crippen LogP contribution in [0.15, 0.2) is 72.4 Å². The minimum Gasteiger partial charge on any atom is -0.351 e. The standard InChI is InChI=1S/C23H27N5O/c1-4-13-25-22(27-23(24)26-21-11-5-17(2)6-12-21)18(3)20-9-7-19(8-10-20)14-28-15-29-16-28/h4-13H,3,14-16H2,1-2H3,(H3,24,25,26,27)/b13-4-. The van der Waals surface area contributed by atoms with Crippen molar-refractivity contribution in [1.82, 2.24) is 10.2 Å². The largest absolute Gasteiger partial charge is 0.351 e. The van der Waals surface area contributed by atoms with Crippen molar-refractivity contribution in [1.29, 1.82) is 5.41 Å². The Morgan fingerprint density at radius 2 is 1.86 bits per heavy atom. The molecule has 0 unspecified atom stereocenters. The van der Waals surface area contributed by atoms with Crippen molar-refractivity contribution in [3.8, 4) is 0 Å². The van der Waals surface area contributed by atoms with Gasteiger partial charge in [0.15, 0.2) is 0 Å². The highest BCUT2D eigenvalue weighted by atomic mass is 16.5. The summed E-state index contributed by atoms with van der Waals surface area (Å²) in [4.78, 5) is 6.61. The predicted molar refractivity (Wildman–Crippen MR) is 120 cm³/mol. The average molecular weight is 390 g/mol. The normalized spacial score (nSPS) is 14.5. The van der Waals surface area contributed by atoms with E-state index < -0.39 is 0 Å². The van der Waals surface area contributed by atoms with Crippen LogP contribution in [0.2, 0.25) is 0 Å². The number of aryl methyl sites for hydroxylation is 1. The minimum absolute atomic E-state index is 0.0383. The summed E-state index contributed by atoms with van der Waals surface area (Å²) in [6.45, 7) is 10.4. The van der Waals surface area contributed by atoms with E-state index in [1.807, 2.05) is 56.3 Å². The number of amidine groups is 1. The van der Waals surface area contributed by atoms with E-state index in [0.29, 0.717) is 19.3 Å². The van der Waals surface area contributed by atoms with Gasteiger partial charge >= 0.3 is 0 Å². The quantitative estimate of drug-likeness (QED) is 0.508. The number of benzene rings is 2. The molecule has 2 aromatic rings. The predicted octanol–water partition coefficient (Wildman–Crippen LogP) is 4.32. The first-order valence-corrected chi connectivity index (χ1v) is 9.52. The molecule has 3 rings (SSSR count). The van der Waals surface area contributed by atoms with Crippen LogP contribution in [0.25, 0.3) is 5.57 Å². The number of anilines is 1. The van der Waals surface area contributed by atoms with Crippen LogP contribution in [0, 0.1) is 12.3 Å². The Hall–Kier alpha value is -3.22. The van der Waals surface area contributed by atoms with E-state index in [9.17, 15) is 0 Å². The van der Waals surface area contributed by atoms with E-state index in [1.165, 1.54) is 11.1 Å². The number of ether oxygens (including phenoxy) is 1. The van der Waals surface area contributed by atoms with Gasteiger partial charge in [-0.25, -0.2) is 0 Å². The van der Waals surface area contributed by atoms with Gasteiger partial charge < -0.3 is 15.4 Å². The number of rotatable bonds is 6. The lowest BCUT2D eigenvalue weighted by Crippen LogP contribution is -2.38. The molecular formula is C23H27N5O. The maximum atomic E-state index is 8.22. The van der Waals surface area contributed by atoms with Gasteiger partial charge in [-0.3, -0.25) is 10.3 Å². The first-order valence-electron chi connectivity index (χ1n) is 9.52. The summed E-state index contributed by atoms with van der Waals surface area (Å²) in [6, 6.07) is 16.1. The molecule has 1 aliphatic heterocycles. The highest BCUT2D eigenvalue weighted by Gasteiger charge is 2.14. The van der Waals surface area contributed by atoms with Crippen LogP contribution in [0.3, 0.4) is 0 Å². The van der Waals surface area contributed by atoms with Gasteiger partial charge in [0.25, 0.3) is 0 Å². The van der Waals surface area contributed by atoms with E-state index in [4.69, 9.17) is 10.1 Å². The maximum Gasteiger partial charge on any atom is 0.221 e. The number of hydrogen-bond acceptors (Lipinski definition) is 3. The van der Waals surface area contributed by atoms with Crippen LogP contribution in [-0.4, -0.2) is 30.2 Å². The van der Waals surface area contributed by atoms with Gasteiger partial charge in [-0.15, -0.1) is 0 Å². The molecule has 29 heavy (non-hydrogen) atoms. The van der Waals surface area contributed by atoms with Gasteiger partial charge in [0.2, 0.25) is 5.96 Å². The molecule has 0 atom stereocenters. The van der Waals surface area contributed by atoms with E-state index >= 15 is 0 Å². The Morgan fingerprint density at radius 3 is 2.45 bits per heavy atom. The van der Waals surface area contributed by atoms with Crippen molar-refractivity contribution in [3.63, 3.8) is 0 Å². The van der Waals surface area contributed by atoms with Crippen LogP contribution in [-0.2, 0) is 11.3 Å². The third-order valence-corrected chi connectivity index (χ3v) is 4.47. The second-order valence-electron chi connectivity index (χ2n) is 6.91. The Balaban J connectivity index is 1.71. The molecule has 0 bridgehead atoms. The zero-order valence-electron chi connectivity index (χ0n) is 16.9. The van der Waals surface area contributed by atoms with Gasteiger partial charge in [0.1, 0.15) is 19.3 Å². The van der Waals surface area contributed by atoms with Crippen LogP contribution >= 0.6 is 0 Å². The first kappa shape index (κ1) is 20.5. The Labute approximate surface area is 172 Å². The fraction of sp³-hybridized carbons (Fsp3) is 0.217. The third kappa shape index (κ3) is 5.88. The van der Waals surface area contributed by atoms with Crippen molar-refractivity contribution in [2.45, 2.75) is 20.4 Å². The number of allylic oxidation sites excluding steroid dienone is 1. The van der Waals surface area contributed by atoms with E-state index in [2.05, 4.69) is 39.2 Å². The van der Waals surface area contributed by atoms with Gasteiger partial charge in [-0.2, -0.15) is 4.99 Å². The highest BCUT2D eigenvalue weighted by molar-refractivity contribution is 6.25. The monoisotopic (exact) mass is 389 g/mol. The highest BCUT2D eigenvalue weighted by Crippen LogP contribution is 2.17. The van der Waals surface area contributed by atoms with Crippen molar-refractivity contribution >= 4 is 23.1 Å². The fourth-order valence-corrected chi connectivity index (χ4v) is 2.78. The fourth-order valence-electron chi connectivity index (χ4n) is 2.78. The summed E-state index contributed by atoms with van der Waals surface area (Å²) >= 11 is 0. The zero-order chi connectivity index (χ0) is 20.6. The lowest BCUT2D eigenvalue weighted by Gasteiger charge is -2.30. The molecule has 0 aliphatic carbocycles. The molecule has 150 valence electrons. The number of guanidine groups is 1. The zero-order valence-corrected chi connectivity index (χ0v) is 16.9.